The molecule has 12 nitrogen and oxygen atoms in total. The smallest absolute Gasteiger partial charge is 0.264 e. The van der Waals surface area contributed by atoms with Gasteiger partial charge in [-0.1, -0.05) is 60.7 Å². The second-order valence-corrected chi connectivity index (χ2v) is 20.6. The number of aryl methyl sites for hydroxylation is 1. The van der Waals surface area contributed by atoms with Crippen molar-refractivity contribution in [1.82, 2.24) is 20.3 Å². The number of amides is 2. The SMILES string of the molecule is COc1ccc([Si](C)(C)[C@H]2[C@H](CCn3cc(CCO)nn3)O[C@@]3(C(=O)N(C)c4ccc(N5CN(c6ccccc6)C6(CCNCC6)C5=O)cc43)[C@@H]2C)cc1. The average molecular weight is 750 g/mol. The molecule has 2 spiro atoms. The van der Waals surface area contributed by atoms with E-state index in [1.807, 2.05) is 65.3 Å². The Morgan fingerprint density at radius 1 is 1.00 bits per heavy atom. The van der Waals surface area contributed by atoms with E-state index in [9.17, 15) is 14.7 Å². The van der Waals surface area contributed by atoms with Gasteiger partial charge in [-0.05, 0) is 80.4 Å². The largest absolute Gasteiger partial charge is 0.497 e. The van der Waals surface area contributed by atoms with Gasteiger partial charge in [0.2, 0.25) is 0 Å². The molecule has 0 saturated carbocycles. The zero-order chi connectivity index (χ0) is 37.8. The standard InChI is InChI=1S/C41H51N7O5Si/c1-28-37(54(4,5)33-14-12-32(52-3)13-15-33)36(17-23-46-26-29(18-24-49)43-44-46)53-41(28)34-25-31(11-16-35(34)45(2)39(41)51)47-27-48(30-9-7-6-8-10-30)40(38(47)50)19-21-42-22-20-40/h6-16,25-26,28,36-37,42,49H,17-24,27H2,1-5H3/t28-,36+,37-,41+/m1/s1. The van der Waals surface area contributed by atoms with Gasteiger partial charge >= 0.3 is 0 Å². The van der Waals surface area contributed by atoms with Crippen LogP contribution in [-0.2, 0) is 32.9 Å². The van der Waals surface area contributed by atoms with Gasteiger partial charge in [-0.15, -0.1) is 5.10 Å². The van der Waals surface area contributed by atoms with Crippen LogP contribution in [0, 0.1) is 5.92 Å². The number of likely N-dealkylation sites (N-methyl/N-ethyl adjacent to an activating group) is 1. The van der Waals surface area contributed by atoms with E-state index in [1.54, 1.807) is 12.0 Å². The minimum Gasteiger partial charge on any atom is -0.497 e. The van der Waals surface area contributed by atoms with Gasteiger partial charge in [0.1, 0.15) is 11.3 Å². The number of aromatic nitrogens is 3. The van der Waals surface area contributed by atoms with Crippen molar-refractivity contribution in [3.05, 3.63) is 90.3 Å². The van der Waals surface area contributed by atoms with E-state index in [0.29, 0.717) is 26.1 Å². The number of hydrogen-bond acceptors (Lipinski definition) is 9. The van der Waals surface area contributed by atoms with Crippen LogP contribution in [0.5, 0.6) is 5.75 Å². The third-order valence-electron chi connectivity index (χ3n) is 12.8. The fraction of sp³-hybridized carbons (Fsp3) is 0.463. The number of piperidine rings is 1. The van der Waals surface area contributed by atoms with Crippen molar-refractivity contribution in [3.8, 4) is 5.75 Å². The first-order valence-electron chi connectivity index (χ1n) is 19.2. The molecule has 54 heavy (non-hydrogen) atoms. The van der Waals surface area contributed by atoms with Crippen molar-refractivity contribution in [2.45, 2.75) is 75.0 Å². The van der Waals surface area contributed by atoms with Crippen LogP contribution in [0.15, 0.2) is 79.0 Å². The van der Waals surface area contributed by atoms with Gasteiger partial charge < -0.3 is 29.7 Å². The number of nitrogens with one attached hydrogen (secondary N) is 1. The molecule has 8 rings (SSSR count). The topological polar surface area (TPSA) is 125 Å². The summed E-state index contributed by atoms with van der Waals surface area (Å²) in [5.41, 5.74) is 2.36. The van der Waals surface area contributed by atoms with Gasteiger partial charge in [-0.25, -0.2) is 0 Å². The zero-order valence-corrected chi connectivity index (χ0v) is 32.9. The van der Waals surface area contributed by atoms with Crippen LogP contribution in [0.3, 0.4) is 0 Å². The molecule has 2 N–H and O–H groups in total. The van der Waals surface area contributed by atoms with Crippen molar-refractivity contribution in [1.29, 1.82) is 0 Å². The highest BCUT2D eigenvalue weighted by Crippen LogP contribution is 2.60. The molecule has 4 aromatic rings. The number of aliphatic hydroxyl groups excluding tert-OH is 1. The van der Waals surface area contributed by atoms with Crippen LogP contribution < -0.4 is 29.9 Å². The Bertz CT molecular complexity index is 2020. The highest BCUT2D eigenvalue weighted by molar-refractivity contribution is 6.91. The van der Waals surface area contributed by atoms with E-state index in [4.69, 9.17) is 9.47 Å². The fourth-order valence-electron chi connectivity index (χ4n) is 9.95. The molecular formula is C41H51N7O5Si. The van der Waals surface area contributed by atoms with Gasteiger partial charge in [-0.2, -0.15) is 0 Å². The molecule has 4 aliphatic heterocycles. The first-order valence-corrected chi connectivity index (χ1v) is 22.2. The molecule has 3 aromatic carbocycles. The number of carbonyl (C=O) groups excluding carboxylic acids is 2. The van der Waals surface area contributed by atoms with Crippen LogP contribution >= 0.6 is 0 Å². The molecule has 0 radical (unpaired) electrons. The van der Waals surface area contributed by atoms with Crippen LogP contribution in [-0.4, -0.2) is 92.2 Å². The van der Waals surface area contributed by atoms with Crippen molar-refractivity contribution in [2.24, 2.45) is 5.92 Å². The quantitative estimate of drug-likeness (QED) is 0.231. The van der Waals surface area contributed by atoms with Gasteiger partial charge in [0, 0.05) is 55.7 Å². The Balaban J connectivity index is 1.19. The lowest BCUT2D eigenvalue weighted by Gasteiger charge is -2.39. The summed E-state index contributed by atoms with van der Waals surface area (Å²) in [6.07, 6.45) is 4.12. The van der Waals surface area contributed by atoms with Crippen molar-refractivity contribution in [2.75, 3.05) is 55.2 Å². The molecule has 3 saturated heterocycles. The summed E-state index contributed by atoms with van der Waals surface area (Å²) in [4.78, 5) is 35.4. The number of para-hydroxylation sites is 1. The minimum atomic E-state index is -2.35. The lowest BCUT2D eigenvalue weighted by molar-refractivity contribution is -0.145. The number of nitrogens with zero attached hydrogens (tertiary/aromatic N) is 6. The Kier molecular flexibility index (Phi) is 9.40. The van der Waals surface area contributed by atoms with Crippen LogP contribution in [0.2, 0.25) is 18.6 Å². The molecule has 5 heterocycles. The number of rotatable bonds is 10. The monoisotopic (exact) mass is 749 g/mol. The number of carbonyl (C=O) groups is 2. The first-order chi connectivity index (χ1) is 26.0. The van der Waals surface area contributed by atoms with Gasteiger partial charge in [0.05, 0.1) is 39.3 Å². The summed E-state index contributed by atoms with van der Waals surface area (Å²) in [5, 5.41) is 22.7. The maximum absolute atomic E-state index is 14.8. The highest BCUT2D eigenvalue weighted by Gasteiger charge is 2.66. The number of aliphatic hydroxyl groups is 1. The number of ether oxygens (including phenoxy) is 2. The number of benzene rings is 3. The molecule has 284 valence electrons. The van der Waals surface area contributed by atoms with E-state index in [2.05, 4.69) is 70.9 Å². The summed E-state index contributed by atoms with van der Waals surface area (Å²) in [5.74, 6) is 0.648. The van der Waals surface area contributed by atoms with Gasteiger partial charge in [-0.3, -0.25) is 19.2 Å². The maximum Gasteiger partial charge on any atom is 0.264 e. The normalized spacial score (nSPS) is 25.0. The number of methoxy groups -OCH3 is 1. The van der Waals surface area contributed by atoms with E-state index in [0.717, 1.165) is 60.0 Å². The van der Waals surface area contributed by atoms with Gasteiger partial charge in [0.15, 0.2) is 5.60 Å². The third-order valence-corrected chi connectivity index (χ3v) is 17.2. The second-order valence-electron chi connectivity index (χ2n) is 15.9. The van der Waals surface area contributed by atoms with Gasteiger partial charge in [0.25, 0.3) is 11.8 Å². The predicted octanol–water partition coefficient (Wildman–Crippen LogP) is 4.04. The van der Waals surface area contributed by atoms with Crippen LogP contribution in [0.4, 0.5) is 17.1 Å². The second kappa shape index (κ2) is 13.9. The number of anilines is 3. The molecule has 0 unspecified atom stereocenters. The fourth-order valence-corrected chi connectivity index (χ4v) is 14.0. The summed E-state index contributed by atoms with van der Waals surface area (Å²) < 4.78 is 14.6. The predicted molar refractivity (Wildman–Crippen MR) is 211 cm³/mol. The molecule has 2 amide bonds. The van der Waals surface area contributed by atoms with Crippen LogP contribution in [0.1, 0.15) is 37.4 Å². The Morgan fingerprint density at radius 2 is 1.74 bits per heavy atom. The number of hydrogen-bond donors (Lipinski definition) is 2. The lowest BCUT2D eigenvalue weighted by atomic mass is 9.82. The Morgan fingerprint density at radius 3 is 2.44 bits per heavy atom. The van der Waals surface area contributed by atoms with E-state index < -0.39 is 19.2 Å². The maximum atomic E-state index is 14.8. The molecule has 3 fully saturated rings. The molecule has 1 aromatic heterocycles. The summed E-state index contributed by atoms with van der Waals surface area (Å²) in [7, 11) is 1.16. The summed E-state index contributed by atoms with van der Waals surface area (Å²) in [6.45, 7) is 9.48. The third kappa shape index (κ3) is 5.66. The highest BCUT2D eigenvalue weighted by atomic mass is 28.3. The molecule has 4 atom stereocenters. The molecule has 0 aliphatic carbocycles. The van der Waals surface area contributed by atoms with E-state index >= 15 is 0 Å². The van der Waals surface area contributed by atoms with Crippen molar-refractivity contribution in [3.63, 3.8) is 0 Å². The van der Waals surface area contributed by atoms with E-state index in [1.165, 1.54) is 5.19 Å². The summed E-state index contributed by atoms with van der Waals surface area (Å²) in [6, 6.07) is 24.6. The average Bonchev–Trinajstić information content (AvgIpc) is 3.90. The minimum absolute atomic E-state index is 0.0106. The van der Waals surface area contributed by atoms with Crippen LogP contribution in [0.25, 0.3) is 0 Å². The Labute approximate surface area is 318 Å². The van der Waals surface area contributed by atoms with Crippen molar-refractivity contribution < 1.29 is 24.2 Å². The molecule has 0 bridgehead atoms. The first kappa shape index (κ1) is 36.4. The molecule has 4 aliphatic rings. The van der Waals surface area contributed by atoms with E-state index in [-0.39, 0.29) is 36.0 Å². The zero-order valence-electron chi connectivity index (χ0n) is 31.9. The lowest BCUT2D eigenvalue weighted by Crippen LogP contribution is -2.55. The molecule has 13 heteroatoms. The Hall–Kier alpha value is -4.56. The number of fused-ring (bicyclic) bond motifs is 2. The van der Waals surface area contributed by atoms with Crippen molar-refractivity contribution >= 4 is 42.1 Å². The summed E-state index contributed by atoms with van der Waals surface area (Å²) >= 11 is 0. The molecular weight excluding hydrogens is 699 g/mol.